The van der Waals surface area contributed by atoms with Gasteiger partial charge in [-0.15, -0.1) is 0 Å². The minimum atomic E-state index is 0.568. The quantitative estimate of drug-likeness (QED) is 0.654. The van der Waals surface area contributed by atoms with Crippen molar-refractivity contribution in [2.24, 2.45) is 0 Å². The summed E-state index contributed by atoms with van der Waals surface area (Å²) in [5, 5.41) is 1.77. The van der Waals surface area contributed by atoms with Crippen LogP contribution >= 0.6 is 11.6 Å². The van der Waals surface area contributed by atoms with Crippen LogP contribution in [0.5, 0.6) is 0 Å². The van der Waals surface area contributed by atoms with Crippen LogP contribution in [0.2, 0.25) is 5.15 Å². The van der Waals surface area contributed by atoms with Gasteiger partial charge in [0.2, 0.25) is 0 Å². The molecule has 1 heterocycles. The topological polar surface area (TPSA) is 12.9 Å². The highest BCUT2D eigenvalue weighted by Crippen LogP contribution is 2.37. The maximum Gasteiger partial charge on any atom is 0.129 e. The molecule has 0 N–H and O–H groups in total. The molecule has 76 valence electrons. The standard InChI is InChI=1S/C13H12ClN/c14-13-7-5-11-8-10(9-2-1-3-9)4-6-12(11)15-13/h4-9H,1-3H2. The van der Waals surface area contributed by atoms with Crippen LogP contribution in [0.25, 0.3) is 10.9 Å². The third kappa shape index (κ3) is 1.61. The highest BCUT2D eigenvalue weighted by molar-refractivity contribution is 6.29. The van der Waals surface area contributed by atoms with Crippen LogP contribution in [0.3, 0.4) is 0 Å². The molecule has 1 aliphatic rings. The van der Waals surface area contributed by atoms with Crippen LogP contribution < -0.4 is 0 Å². The van der Waals surface area contributed by atoms with E-state index in [0.29, 0.717) is 5.15 Å². The van der Waals surface area contributed by atoms with Crippen molar-refractivity contribution in [3.05, 3.63) is 41.0 Å². The first-order valence-corrected chi connectivity index (χ1v) is 5.77. The van der Waals surface area contributed by atoms with E-state index in [4.69, 9.17) is 11.6 Å². The van der Waals surface area contributed by atoms with Crippen molar-refractivity contribution in [2.45, 2.75) is 25.2 Å². The van der Waals surface area contributed by atoms with Gasteiger partial charge in [0.05, 0.1) is 5.52 Å². The number of hydrogen-bond donors (Lipinski definition) is 0. The fourth-order valence-electron chi connectivity index (χ4n) is 2.11. The molecule has 1 aromatic carbocycles. The Kier molecular flexibility index (Phi) is 2.14. The first kappa shape index (κ1) is 9.17. The second kappa shape index (κ2) is 3.49. The lowest BCUT2D eigenvalue weighted by molar-refractivity contribution is 0.420. The molecule has 0 bridgehead atoms. The van der Waals surface area contributed by atoms with Crippen molar-refractivity contribution < 1.29 is 0 Å². The molecule has 15 heavy (non-hydrogen) atoms. The predicted molar refractivity (Wildman–Crippen MR) is 63.3 cm³/mol. The lowest BCUT2D eigenvalue weighted by Crippen LogP contribution is -2.08. The van der Waals surface area contributed by atoms with E-state index in [9.17, 15) is 0 Å². The molecule has 0 saturated heterocycles. The van der Waals surface area contributed by atoms with E-state index in [0.717, 1.165) is 11.4 Å². The van der Waals surface area contributed by atoms with Crippen LogP contribution in [0.1, 0.15) is 30.7 Å². The number of nitrogens with zero attached hydrogens (tertiary/aromatic N) is 1. The van der Waals surface area contributed by atoms with Crippen LogP contribution in [0, 0.1) is 0 Å². The Morgan fingerprint density at radius 2 is 2.00 bits per heavy atom. The Bertz CT molecular complexity index is 503. The predicted octanol–water partition coefficient (Wildman–Crippen LogP) is 4.16. The van der Waals surface area contributed by atoms with E-state index >= 15 is 0 Å². The van der Waals surface area contributed by atoms with Crippen molar-refractivity contribution in [3.8, 4) is 0 Å². The van der Waals surface area contributed by atoms with Crippen LogP contribution in [-0.4, -0.2) is 4.98 Å². The largest absolute Gasteiger partial charge is 0.236 e. The summed E-state index contributed by atoms with van der Waals surface area (Å²) in [6, 6.07) is 10.4. The van der Waals surface area contributed by atoms with E-state index in [1.807, 2.05) is 12.1 Å². The van der Waals surface area contributed by atoms with Crippen LogP contribution in [0.4, 0.5) is 0 Å². The third-order valence-electron chi connectivity index (χ3n) is 3.26. The first-order chi connectivity index (χ1) is 7.33. The first-order valence-electron chi connectivity index (χ1n) is 5.39. The molecule has 1 saturated carbocycles. The van der Waals surface area contributed by atoms with Gasteiger partial charge in [-0.2, -0.15) is 0 Å². The van der Waals surface area contributed by atoms with E-state index in [1.165, 1.54) is 30.2 Å². The number of benzene rings is 1. The summed E-state index contributed by atoms with van der Waals surface area (Å²) in [4.78, 5) is 4.29. The van der Waals surface area contributed by atoms with Gasteiger partial charge < -0.3 is 0 Å². The van der Waals surface area contributed by atoms with Gasteiger partial charge in [-0.05, 0) is 48.6 Å². The number of rotatable bonds is 1. The zero-order valence-electron chi connectivity index (χ0n) is 8.41. The molecule has 0 atom stereocenters. The molecule has 3 rings (SSSR count). The van der Waals surface area contributed by atoms with Gasteiger partial charge in [0.25, 0.3) is 0 Å². The maximum atomic E-state index is 5.85. The normalized spacial score (nSPS) is 16.6. The highest BCUT2D eigenvalue weighted by atomic mass is 35.5. The Morgan fingerprint density at radius 1 is 1.13 bits per heavy atom. The molecule has 1 fully saturated rings. The van der Waals surface area contributed by atoms with Crippen molar-refractivity contribution in [1.82, 2.24) is 4.98 Å². The molecule has 1 aromatic heterocycles. The summed E-state index contributed by atoms with van der Waals surface area (Å²) in [5.74, 6) is 0.782. The average molecular weight is 218 g/mol. The average Bonchev–Trinajstić information content (AvgIpc) is 2.15. The summed E-state index contributed by atoms with van der Waals surface area (Å²) < 4.78 is 0. The van der Waals surface area contributed by atoms with E-state index < -0.39 is 0 Å². The van der Waals surface area contributed by atoms with Gasteiger partial charge in [0.15, 0.2) is 0 Å². The molecule has 1 nitrogen and oxygen atoms in total. The van der Waals surface area contributed by atoms with Crippen molar-refractivity contribution in [3.63, 3.8) is 0 Å². The van der Waals surface area contributed by atoms with Crippen molar-refractivity contribution >= 4 is 22.5 Å². The summed E-state index contributed by atoms with van der Waals surface area (Å²) >= 11 is 5.85. The Balaban J connectivity index is 2.09. The Labute approximate surface area is 94.1 Å². The van der Waals surface area contributed by atoms with E-state index in [2.05, 4.69) is 23.2 Å². The zero-order valence-corrected chi connectivity index (χ0v) is 9.17. The zero-order chi connectivity index (χ0) is 10.3. The summed E-state index contributed by atoms with van der Waals surface area (Å²) in [5.41, 5.74) is 2.45. The monoisotopic (exact) mass is 217 g/mol. The molecule has 0 aliphatic heterocycles. The molecular formula is C13H12ClN. The second-order valence-corrected chi connectivity index (χ2v) is 4.60. The van der Waals surface area contributed by atoms with Gasteiger partial charge >= 0.3 is 0 Å². The highest BCUT2D eigenvalue weighted by Gasteiger charge is 2.19. The number of aromatic nitrogens is 1. The third-order valence-corrected chi connectivity index (χ3v) is 3.47. The Morgan fingerprint density at radius 3 is 2.73 bits per heavy atom. The molecule has 0 unspecified atom stereocenters. The summed E-state index contributed by atoms with van der Waals surface area (Å²) in [6.07, 6.45) is 4.06. The number of hydrogen-bond acceptors (Lipinski definition) is 1. The molecule has 0 spiro atoms. The number of pyridine rings is 1. The van der Waals surface area contributed by atoms with Gasteiger partial charge in [-0.3, -0.25) is 0 Å². The lowest BCUT2D eigenvalue weighted by atomic mass is 9.80. The minimum absolute atomic E-state index is 0.568. The van der Waals surface area contributed by atoms with Gasteiger partial charge in [-0.25, -0.2) is 4.98 Å². The lowest BCUT2D eigenvalue weighted by Gasteiger charge is -2.25. The second-order valence-electron chi connectivity index (χ2n) is 4.21. The smallest absolute Gasteiger partial charge is 0.129 e. The minimum Gasteiger partial charge on any atom is -0.236 e. The van der Waals surface area contributed by atoms with Gasteiger partial charge in [-0.1, -0.05) is 24.1 Å². The molecular weight excluding hydrogens is 206 g/mol. The van der Waals surface area contributed by atoms with E-state index in [1.54, 1.807) is 0 Å². The molecule has 0 radical (unpaired) electrons. The van der Waals surface area contributed by atoms with E-state index in [-0.39, 0.29) is 0 Å². The molecule has 1 aliphatic carbocycles. The number of fused-ring (bicyclic) bond motifs is 1. The van der Waals surface area contributed by atoms with Crippen molar-refractivity contribution in [2.75, 3.05) is 0 Å². The van der Waals surface area contributed by atoms with Crippen LogP contribution in [0.15, 0.2) is 30.3 Å². The summed E-state index contributed by atoms with van der Waals surface area (Å²) in [7, 11) is 0. The molecule has 0 amide bonds. The molecule has 2 heteroatoms. The summed E-state index contributed by atoms with van der Waals surface area (Å²) in [6.45, 7) is 0. The fraction of sp³-hybridized carbons (Fsp3) is 0.308. The SMILES string of the molecule is Clc1ccc2cc(C3CCC3)ccc2n1. The Hall–Kier alpha value is -1.08. The molecule has 2 aromatic rings. The fourth-order valence-corrected chi connectivity index (χ4v) is 2.27. The van der Waals surface area contributed by atoms with Crippen LogP contribution in [-0.2, 0) is 0 Å². The van der Waals surface area contributed by atoms with Gasteiger partial charge in [0, 0.05) is 5.39 Å². The number of halogens is 1. The van der Waals surface area contributed by atoms with Gasteiger partial charge in [0.1, 0.15) is 5.15 Å². The van der Waals surface area contributed by atoms with Crippen molar-refractivity contribution in [1.29, 1.82) is 0 Å². The maximum absolute atomic E-state index is 5.85.